The summed E-state index contributed by atoms with van der Waals surface area (Å²) in [5.41, 5.74) is 6.74. The highest BCUT2D eigenvalue weighted by Gasteiger charge is 2.29. The largest absolute Gasteiger partial charge is 0.368 e. The predicted octanol–water partition coefficient (Wildman–Crippen LogP) is 3.52. The van der Waals surface area contributed by atoms with Crippen molar-refractivity contribution in [1.82, 2.24) is 24.8 Å². The Morgan fingerprint density at radius 1 is 1.10 bits per heavy atom. The third-order valence-corrected chi connectivity index (χ3v) is 5.75. The molecule has 1 N–H and O–H groups in total. The molecule has 1 saturated heterocycles. The molecule has 4 heterocycles. The Kier molecular flexibility index (Phi) is 5.74. The first-order chi connectivity index (χ1) is 14.4. The standard InChI is InChI=1S/C21H24N6O2S/c1-12-7-13(2)25-21(24-12)26-16-8-14(3)23-17(9-16)18-10-27(5-6-29-18)20(28)19-15(4)22-11-30-19/h7-9,11,18H,5-6,10H2,1-4H3,(H,23,24,25,26). The van der Waals surface area contributed by atoms with E-state index < -0.39 is 0 Å². The van der Waals surface area contributed by atoms with Gasteiger partial charge in [0.1, 0.15) is 11.0 Å². The average molecular weight is 425 g/mol. The van der Waals surface area contributed by atoms with Crippen molar-refractivity contribution < 1.29 is 9.53 Å². The molecule has 0 spiro atoms. The third-order valence-electron chi connectivity index (χ3n) is 4.83. The number of anilines is 2. The molecule has 0 saturated carbocycles. The maximum absolute atomic E-state index is 12.9. The van der Waals surface area contributed by atoms with E-state index in [1.165, 1.54) is 11.3 Å². The molecule has 0 aromatic carbocycles. The van der Waals surface area contributed by atoms with Gasteiger partial charge in [-0.1, -0.05) is 0 Å². The van der Waals surface area contributed by atoms with Gasteiger partial charge in [0.05, 0.1) is 30.1 Å². The van der Waals surface area contributed by atoms with Crippen LogP contribution in [0.15, 0.2) is 23.7 Å². The number of carbonyl (C=O) groups excluding carboxylic acids is 1. The second-order valence-electron chi connectivity index (χ2n) is 7.40. The van der Waals surface area contributed by atoms with Crippen LogP contribution in [0.1, 0.15) is 44.2 Å². The van der Waals surface area contributed by atoms with E-state index in [9.17, 15) is 4.79 Å². The number of hydrogen-bond donors (Lipinski definition) is 1. The lowest BCUT2D eigenvalue weighted by molar-refractivity contribution is -0.0246. The molecule has 3 aromatic heterocycles. The molecule has 3 aromatic rings. The monoisotopic (exact) mass is 424 g/mol. The number of thiazole rings is 1. The maximum Gasteiger partial charge on any atom is 0.266 e. The molecular formula is C21H24N6O2S. The van der Waals surface area contributed by atoms with Gasteiger partial charge in [0, 0.05) is 29.3 Å². The minimum atomic E-state index is -0.295. The molecule has 9 heteroatoms. The lowest BCUT2D eigenvalue weighted by atomic mass is 10.1. The van der Waals surface area contributed by atoms with Crippen LogP contribution in [0, 0.1) is 27.7 Å². The van der Waals surface area contributed by atoms with E-state index in [2.05, 4.69) is 25.3 Å². The molecule has 30 heavy (non-hydrogen) atoms. The summed E-state index contributed by atoms with van der Waals surface area (Å²) in [5, 5.41) is 3.26. The Morgan fingerprint density at radius 3 is 2.53 bits per heavy atom. The molecule has 8 nitrogen and oxygen atoms in total. The summed E-state index contributed by atoms with van der Waals surface area (Å²) in [6.07, 6.45) is -0.295. The van der Waals surface area contributed by atoms with Gasteiger partial charge in [-0.25, -0.2) is 15.0 Å². The van der Waals surface area contributed by atoms with Crippen LogP contribution in [-0.4, -0.2) is 50.4 Å². The number of nitrogens with one attached hydrogen (secondary N) is 1. The highest BCUT2D eigenvalue weighted by atomic mass is 32.1. The molecule has 1 fully saturated rings. The Morgan fingerprint density at radius 2 is 1.83 bits per heavy atom. The summed E-state index contributed by atoms with van der Waals surface area (Å²) in [5.74, 6) is 0.545. The quantitative estimate of drug-likeness (QED) is 0.685. The van der Waals surface area contributed by atoms with Gasteiger partial charge in [0.15, 0.2) is 0 Å². The Labute approximate surface area is 179 Å². The number of nitrogens with zero attached hydrogens (tertiary/aromatic N) is 5. The van der Waals surface area contributed by atoms with Crippen LogP contribution in [0.3, 0.4) is 0 Å². The summed E-state index contributed by atoms with van der Waals surface area (Å²) >= 11 is 1.37. The number of rotatable bonds is 4. The van der Waals surface area contributed by atoms with E-state index >= 15 is 0 Å². The average Bonchev–Trinajstić information content (AvgIpc) is 3.12. The number of aromatic nitrogens is 4. The molecule has 1 aliphatic heterocycles. The lowest BCUT2D eigenvalue weighted by Crippen LogP contribution is -2.42. The summed E-state index contributed by atoms with van der Waals surface area (Å²) in [6.45, 7) is 9.14. The lowest BCUT2D eigenvalue weighted by Gasteiger charge is -2.32. The van der Waals surface area contributed by atoms with Crippen LogP contribution in [0.25, 0.3) is 0 Å². The number of pyridine rings is 1. The van der Waals surface area contributed by atoms with Crippen LogP contribution in [-0.2, 0) is 4.74 Å². The van der Waals surface area contributed by atoms with Crippen molar-refractivity contribution in [2.45, 2.75) is 33.8 Å². The zero-order valence-corrected chi connectivity index (χ0v) is 18.3. The first kappa shape index (κ1) is 20.4. The summed E-state index contributed by atoms with van der Waals surface area (Å²) in [4.78, 5) is 33.1. The minimum Gasteiger partial charge on any atom is -0.368 e. The van der Waals surface area contributed by atoms with E-state index in [0.29, 0.717) is 30.5 Å². The van der Waals surface area contributed by atoms with Crippen molar-refractivity contribution in [2.24, 2.45) is 0 Å². The fourth-order valence-electron chi connectivity index (χ4n) is 3.51. The molecule has 0 radical (unpaired) electrons. The van der Waals surface area contributed by atoms with E-state index in [1.54, 1.807) is 5.51 Å². The van der Waals surface area contributed by atoms with Crippen molar-refractivity contribution in [3.8, 4) is 0 Å². The SMILES string of the molecule is Cc1cc(Nc2nc(C)cc(C)n2)cc(C2CN(C(=O)c3scnc3C)CCO2)n1. The highest BCUT2D eigenvalue weighted by molar-refractivity contribution is 7.11. The topological polar surface area (TPSA) is 93.1 Å². The molecule has 156 valence electrons. The van der Waals surface area contributed by atoms with Gasteiger partial charge in [-0.3, -0.25) is 9.78 Å². The van der Waals surface area contributed by atoms with Crippen LogP contribution >= 0.6 is 11.3 Å². The Bertz CT molecular complexity index is 1060. The van der Waals surface area contributed by atoms with Crippen molar-refractivity contribution in [2.75, 3.05) is 25.0 Å². The van der Waals surface area contributed by atoms with Crippen LogP contribution in [0.2, 0.25) is 0 Å². The second kappa shape index (κ2) is 8.45. The van der Waals surface area contributed by atoms with Crippen LogP contribution in [0.4, 0.5) is 11.6 Å². The zero-order valence-electron chi connectivity index (χ0n) is 17.5. The fourth-order valence-corrected chi connectivity index (χ4v) is 4.28. The van der Waals surface area contributed by atoms with Crippen molar-refractivity contribution in [3.05, 3.63) is 57.1 Å². The predicted molar refractivity (Wildman–Crippen MR) is 115 cm³/mol. The number of aryl methyl sites for hydroxylation is 4. The van der Waals surface area contributed by atoms with Crippen molar-refractivity contribution in [1.29, 1.82) is 0 Å². The Balaban J connectivity index is 1.54. The number of amides is 1. The number of carbonyl (C=O) groups is 1. The van der Waals surface area contributed by atoms with Gasteiger partial charge < -0.3 is 15.0 Å². The van der Waals surface area contributed by atoms with Crippen LogP contribution < -0.4 is 5.32 Å². The number of ether oxygens (including phenoxy) is 1. The second-order valence-corrected chi connectivity index (χ2v) is 8.25. The van der Waals surface area contributed by atoms with E-state index in [0.717, 1.165) is 34.2 Å². The molecule has 1 aliphatic rings. The molecule has 1 atom stereocenters. The number of hydrogen-bond acceptors (Lipinski definition) is 8. The highest BCUT2D eigenvalue weighted by Crippen LogP contribution is 2.26. The molecule has 4 rings (SSSR count). The third kappa shape index (κ3) is 4.47. The summed E-state index contributed by atoms with van der Waals surface area (Å²) in [6, 6.07) is 5.81. The summed E-state index contributed by atoms with van der Waals surface area (Å²) < 4.78 is 5.96. The van der Waals surface area contributed by atoms with Gasteiger partial charge in [0.25, 0.3) is 5.91 Å². The molecule has 0 aliphatic carbocycles. The van der Waals surface area contributed by atoms with Gasteiger partial charge in [-0.05, 0) is 45.9 Å². The van der Waals surface area contributed by atoms with Gasteiger partial charge in [-0.15, -0.1) is 11.3 Å². The molecule has 1 unspecified atom stereocenters. The molecular weight excluding hydrogens is 400 g/mol. The Hall–Kier alpha value is -2.91. The normalized spacial score (nSPS) is 16.5. The van der Waals surface area contributed by atoms with Crippen LogP contribution in [0.5, 0.6) is 0 Å². The fraction of sp³-hybridized carbons (Fsp3) is 0.381. The molecule has 0 bridgehead atoms. The smallest absolute Gasteiger partial charge is 0.266 e. The van der Waals surface area contributed by atoms with E-state index in [4.69, 9.17) is 4.74 Å². The summed E-state index contributed by atoms with van der Waals surface area (Å²) in [7, 11) is 0. The first-order valence-electron chi connectivity index (χ1n) is 9.78. The number of morpholine rings is 1. The van der Waals surface area contributed by atoms with Crippen molar-refractivity contribution in [3.63, 3.8) is 0 Å². The van der Waals surface area contributed by atoms with E-state index in [1.807, 2.05) is 50.8 Å². The van der Waals surface area contributed by atoms with E-state index in [-0.39, 0.29) is 12.0 Å². The van der Waals surface area contributed by atoms with Crippen molar-refractivity contribution >= 4 is 28.9 Å². The minimum absolute atomic E-state index is 0.00191. The van der Waals surface area contributed by atoms with Gasteiger partial charge in [-0.2, -0.15) is 0 Å². The van der Waals surface area contributed by atoms with Gasteiger partial charge >= 0.3 is 0 Å². The molecule has 1 amide bonds. The first-order valence-corrected chi connectivity index (χ1v) is 10.7. The maximum atomic E-state index is 12.9. The zero-order chi connectivity index (χ0) is 21.3. The van der Waals surface area contributed by atoms with Gasteiger partial charge in [0.2, 0.25) is 5.95 Å².